The molecule has 2 aliphatic rings. The molecule has 1 saturated heterocycles. The fourth-order valence-corrected chi connectivity index (χ4v) is 7.27. The summed E-state index contributed by atoms with van der Waals surface area (Å²) in [7, 11) is 0. The van der Waals surface area contributed by atoms with Gasteiger partial charge in [-0.1, -0.05) is 69.9 Å². The summed E-state index contributed by atoms with van der Waals surface area (Å²) in [5.74, 6) is -4.43. The van der Waals surface area contributed by atoms with Crippen LogP contribution in [0, 0.1) is 0 Å². The Labute approximate surface area is 367 Å². The topological polar surface area (TPSA) is 176 Å². The van der Waals surface area contributed by atoms with E-state index in [0.717, 1.165) is 50.7 Å². The number of amides is 2. The summed E-state index contributed by atoms with van der Waals surface area (Å²) in [6.07, 6.45) is 3.27. The van der Waals surface area contributed by atoms with Crippen molar-refractivity contribution >= 4 is 35.8 Å². The number of unbranched alkanes of at least 4 members (excludes halogenated alkanes) is 4. The second-order valence-electron chi connectivity index (χ2n) is 16.8. The average molecular weight is 887 g/mol. The predicted molar refractivity (Wildman–Crippen MR) is 227 cm³/mol. The maximum atomic E-state index is 13.9. The van der Waals surface area contributed by atoms with E-state index in [9.17, 15) is 42.3 Å². The molecule has 0 unspecified atom stereocenters. The van der Waals surface area contributed by atoms with E-state index in [-0.39, 0.29) is 54.7 Å². The third kappa shape index (κ3) is 16.5. The average Bonchev–Trinajstić information content (AvgIpc) is 3.60. The first-order valence-corrected chi connectivity index (χ1v) is 21.6. The molecule has 2 aromatic rings. The Kier molecular flexibility index (Phi) is 18.9. The maximum Gasteiger partial charge on any atom is 0.422 e. The number of esters is 3. The zero-order valence-electron chi connectivity index (χ0n) is 36.7. The van der Waals surface area contributed by atoms with Crippen molar-refractivity contribution in [3.8, 4) is 0 Å². The molecule has 1 heterocycles. The highest BCUT2D eigenvalue weighted by molar-refractivity contribution is 5.97. The first-order chi connectivity index (χ1) is 29.8. The van der Waals surface area contributed by atoms with Gasteiger partial charge in [-0.2, -0.15) is 13.2 Å². The van der Waals surface area contributed by atoms with Gasteiger partial charge in [-0.15, -0.1) is 0 Å². The highest BCUT2D eigenvalue weighted by Gasteiger charge is 2.52. The smallest absolute Gasteiger partial charge is 0.422 e. The van der Waals surface area contributed by atoms with Gasteiger partial charge in [-0.05, 0) is 81.5 Å². The lowest BCUT2D eigenvalue weighted by Crippen LogP contribution is -2.43. The molecule has 2 amide bonds. The number of halogens is 3. The fourth-order valence-electron chi connectivity index (χ4n) is 7.27. The number of carbonyl (C=O) groups is 5. The van der Waals surface area contributed by atoms with Crippen molar-refractivity contribution in [2.45, 2.75) is 154 Å². The Hall–Kier alpha value is -5.06. The summed E-state index contributed by atoms with van der Waals surface area (Å²) in [5, 5.41) is 15.5. The summed E-state index contributed by atoms with van der Waals surface area (Å²) in [6, 6.07) is 12.0. The molecule has 1 aliphatic carbocycles. The monoisotopic (exact) mass is 886 g/mol. The highest BCUT2D eigenvalue weighted by Crippen LogP contribution is 2.43. The zero-order valence-corrected chi connectivity index (χ0v) is 36.7. The summed E-state index contributed by atoms with van der Waals surface area (Å²) in [4.78, 5) is 65.1. The minimum absolute atomic E-state index is 0.00183. The molecule has 3 N–H and O–H groups in total. The van der Waals surface area contributed by atoms with Crippen molar-refractivity contribution < 1.29 is 65.9 Å². The molecule has 0 bridgehead atoms. The van der Waals surface area contributed by atoms with Gasteiger partial charge < -0.3 is 39.4 Å². The lowest BCUT2D eigenvalue weighted by atomic mass is 9.91. The van der Waals surface area contributed by atoms with Crippen molar-refractivity contribution in [1.29, 1.82) is 0 Å². The first kappa shape index (κ1) is 50.6. The van der Waals surface area contributed by atoms with Crippen LogP contribution in [0.2, 0.25) is 0 Å². The Morgan fingerprint density at radius 3 is 2.29 bits per heavy atom. The number of aliphatic hydroxyl groups excluding tert-OH is 1. The van der Waals surface area contributed by atoms with Crippen molar-refractivity contribution in [2.24, 2.45) is 0 Å². The molecular weight excluding hydrogens is 826 g/mol. The second kappa shape index (κ2) is 23.6. The molecule has 16 heteroatoms. The Bertz CT molecular complexity index is 1930. The van der Waals surface area contributed by atoms with Gasteiger partial charge in [-0.3, -0.25) is 14.4 Å². The molecule has 1 fully saturated rings. The maximum absolute atomic E-state index is 13.9. The normalized spacial score (nSPS) is 18.8. The van der Waals surface area contributed by atoms with Crippen LogP contribution in [-0.4, -0.2) is 90.0 Å². The van der Waals surface area contributed by atoms with Crippen LogP contribution >= 0.6 is 0 Å². The van der Waals surface area contributed by atoms with E-state index in [1.54, 1.807) is 63.2 Å². The van der Waals surface area contributed by atoms with Crippen LogP contribution in [0.1, 0.15) is 137 Å². The molecule has 346 valence electrons. The fraction of sp³-hybridized carbons (Fsp3) is 0.553. The van der Waals surface area contributed by atoms with Crippen LogP contribution in [0.25, 0.3) is 6.08 Å². The van der Waals surface area contributed by atoms with Crippen molar-refractivity contribution in [1.82, 2.24) is 10.6 Å². The number of nitrogens with one attached hydrogen (secondary N) is 2. The van der Waals surface area contributed by atoms with Gasteiger partial charge in [0.2, 0.25) is 5.91 Å². The van der Waals surface area contributed by atoms with Gasteiger partial charge in [0.05, 0.1) is 18.2 Å². The van der Waals surface area contributed by atoms with Gasteiger partial charge in [0.25, 0.3) is 5.91 Å². The van der Waals surface area contributed by atoms with E-state index in [1.807, 2.05) is 0 Å². The lowest BCUT2D eigenvalue weighted by molar-refractivity contribution is -0.190. The van der Waals surface area contributed by atoms with Crippen molar-refractivity contribution in [3.63, 3.8) is 0 Å². The third-order valence-electron chi connectivity index (χ3n) is 10.3. The third-order valence-corrected chi connectivity index (χ3v) is 10.3. The zero-order chi connectivity index (χ0) is 46.2. The van der Waals surface area contributed by atoms with Crippen LogP contribution < -0.4 is 10.6 Å². The van der Waals surface area contributed by atoms with Gasteiger partial charge in [0.15, 0.2) is 12.4 Å². The van der Waals surface area contributed by atoms with Gasteiger partial charge in [0, 0.05) is 49.4 Å². The van der Waals surface area contributed by atoms with Gasteiger partial charge in [0.1, 0.15) is 23.9 Å². The number of alkyl halides is 3. The molecule has 0 spiro atoms. The molecule has 4 rings (SSSR count). The van der Waals surface area contributed by atoms with Crippen molar-refractivity contribution in [2.75, 3.05) is 13.2 Å². The molecule has 4 atom stereocenters. The van der Waals surface area contributed by atoms with Crippen LogP contribution in [-0.2, 0) is 44.6 Å². The second-order valence-corrected chi connectivity index (χ2v) is 16.8. The number of fused-ring (bicyclic) bond motifs is 1. The van der Waals surface area contributed by atoms with E-state index in [1.165, 1.54) is 12.1 Å². The quantitative estimate of drug-likeness (QED) is 0.0455. The largest absolute Gasteiger partial charge is 0.460 e. The number of carbonyl (C=O) groups excluding carboxylic acids is 5. The number of hydrogen-bond acceptors (Lipinski definition) is 11. The summed E-state index contributed by atoms with van der Waals surface area (Å²) >= 11 is 0. The highest BCUT2D eigenvalue weighted by atomic mass is 19.4. The lowest BCUT2D eigenvalue weighted by Gasteiger charge is -2.31. The molecule has 1 aliphatic heterocycles. The minimum Gasteiger partial charge on any atom is -0.460 e. The van der Waals surface area contributed by atoms with E-state index in [0.29, 0.717) is 18.4 Å². The Morgan fingerprint density at radius 1 is 0.937 bits per heavy atom. The van der Waals surface area contributed by atoms with E-state index < -0.39 is 78.2 Å². The van der Waals surface area contributed by atoms with Gasteiger partial charge >= 0.3 is 24.1 Å². The number of aliphatic hydroxyl groups is 1. The van der Waals surface area contributed by atoms with E-state index in [2.05, 4.69) is 29.2 Å². The molecule has 63 heavy (non-hydrogen) atoms. The summed E-state index contributed by atoms with van der Waals surface area (Å²) < 4.78 is 66.8. The molecule has 0 saturated carbocycles. The van der Waals surface area contributed by atoms with Crippen LogP contribution in [0.15, 0.2) is 66.3 Å². The summed E-state index contributed by atoms with van der Waals surface area (Å²) in [6.45, 7) is 7.32. The molecular formula is C47H61F3N2O11. The van der Waals surface area contributed by atoms with Crippen molar-refractivity contribution in [3.05, 3.63) is 88.5 Å². The van der Waals surface area contributed by atoms with Crippen LogP contribution in [0.5, 0.6) is 0 Å². The Balaban J connectivity index is 1.51. The van der Waals surface area contributed by atoms with E-state index >= 15 is 0 Å². The number of rotatable bonds is 22. The predicted octanol–water partition coefficient (Wildman–Crippen LogP) is 7.83. The number of benzene rings is 2. The molecule has 2 aromatic carbocycles. The molecule has 0 aromatic heterocycles. The standard InChI is InChI=1S/C47H61F3N2O11/c1-6-8-12-23-46(24-13-9-7-2)61-38-27-34(26-37(41(38)63-46)60-44(58)36-18-11-10-16-32(36)19-21-39(54)59-30-47(48,49)50)42(56)51-28-31-15-14-17-33(25-31)43(57)52-35(29-53)20-22-40(55)62-45(3,4)5/h10-11,14-19,21,25,27,35,37-38,41,53H,6-9,12-13,20,22-24,26,28-30H2,1-5H3,(H,51,56)(H,52,57)/t35-,37+,38+,41-/m0/s1. The molecule has 0 radical (unpaired) electrons. The van der Waals surface area contributed by atoms with Crippen LogP contribution in [0.4, 0.5) is 13.2 Å². The number of hydrogen-bond donors (Lipinski definition) is 3. The number of ether oxygens (including phenoxy) is 5. The van der Waals surface area contributed by atoms with E-state index in [4.69, 9.17) is 18.9 Å². The SMILES string of the molecule is CCCCCC1(CCCCC)O[C@@H]2[C@@H](C=C(C(=O)NCc3cccc(C(=O)N[C@H](CO)CCC(=O)OC(C)(C)C)c3)C[C@H]2OC(=O)c2ccccc2C=CC(=O)OCC(F)(F)F)O1. The van der Waals surface area contributed by atoms with Crippen LogP contribution in [0.3, 0.4) is 0 Å². The summed E-state index contributed by atoms with van der Waals surface area (Å²) in [5.41, 5.74) is 0.693. The molecule has 13 nitrogen and oxygen atoms in total. The first-order valence-electron chi connectivity index (χ1n) is 21.6. The minimum atomic E-state index is -4.70. The Morgan fingerprint density at radius 2 is 1.63 bits per heavy atom. The van der Waals surface area contributed by atoms with Gasteiger partial charge in [-0.25, -0.2) is 9.59 Å².